The van der Waals surface area contributed by atoms with E-state index < -0.39 is 10.0 Å². The molecule has 0 radical (unpaired) electrons. The van der Waals surface area contributed by atoms with Crippen LogP contribution in [0.25, 0.3) is 0 Å². The summed E-state index contributed by atoms with van der Waals surface area (Å²) in [5.74, 6) is 0. The van der Waals surface area contributed by atoms with Crippen LogP contribution in [0.15, 0.2) is 23.1 Å². The third-order valence-electron chi connectivity index (χ3n) is 3.65. The number of benzene rings is 1. The molecule has 22 heavy (non-hydrogen) atoms. The highest BCUT2D eigenvalue weighted by Gasteiger charge is 2.17. The van der Waals surface area contributed by atoms with Crippen LogP contribution in [0.5, 0.6) is 0 Å². The molecule has 1 heterocycles. The summed E-state index contributed by atoms with van der Waals surface area (Å²) in [6.07, 6.45) is 5.38. The summed E-state index contributed by atoms with van der Waals surface area (Å²) in [6, 6.07) is 3.73. The summed E-state index contributed by atoms with van der Waals surface area (Å²) in [5, 5.41) is 8.04. The lowest BCUT2D eigenvalue weighted by molar-refractivity contribution is 0.206. The van der Waals surface area contributed by atoms with E-state index in [-0.39, 0.29) is 21.6 Å². The number of hydrogen-bond donors (Lipinski definition) is 2. The maximum absolute atomic E-state index is 12.3. The number of halogens is 1. The van der Waals surface area contributed by atoms with Crippen LogP contribution in [0, 0.1) is 0 Å². The van der Waals surface area contributed by atoms with Crippen LogP contribution < -0.4 is 10.5 Å². The molecule has 3 N–H and O–H groups in total. The number of nitrogens with zero attached hydrogens (tertiary/aromatic N) is 1. The Morgan fingerprint density at radius 3 is 2.32 bits per heavy atom. The van der Waals surface area contributed by atoms with E-state index in [1.165, 1.54) is 24.6 Å². The molecule has 0 atom stereocenters. The average molecular weight is 346 g/mol. The summed E-state index contributed by atoms with van der Waals surface area (Å²) in [5.41, 5.74) is 0.250. The summed E-state index contributed by atoms with van der Waals surface area (Å²) < 4.78 is 22.8. The van der Waals surface area contributed by atoms with Crippen molar-refractivity contribution in [3.05, 3.63) is 23.2 Å². The first-order chi connectivity index (χ1) is 10.4. The van der Waals surface area contributed by atoms with Crippen molar-refractivity contribution in [3.8, 4) is 0 Å². The van der Waals surface area contributed by atoms with Crippen LogP contribution in [-0.2, 0) is 10.0 Å². The van der Waals surface area contributed by atoms with E-state index >= 15 is 0 Å². The van der Waals surface area contributed by atoms with Gasteiger partial charge in [-0.05, 0) is 31.0 Å². The number of nitrogens with two attached hydrogens (primary N) is 1. The third kappa shape index (κ3) is 4.59. The molecule has 1 aliphatic heterocycles. The number of carbonyl (C=O) groups is 1. The lowest BCUT2D eigenvalue weighted by Crippen LogP contribution is -2.37. The number of anilines is 1. The summed E-state index contributed by atoms with van der Waals surface area (Å²) in [7, 11) is -3.84. The maximum atomic E-state index is 12.3. The Balaban J connectivity index is 2.13. The molecule has 0 spiro atoms. The number of likely N-dealkylation sites (tertiary alicyclic amines) is 1. The van der Waals surface area contributed by atoms with E-state index in [4.69, 9.17) is 16.7 Å². The monoisotopic (exact) mass is 345 g/mol. The summed E-state index contributed by atoms with van der Waals surface area (Å²) in [6.45, 7) is 1.39. The molecule has 2 amide bonds. The lowest BCUT2D eigenvalue weighted by Gasteiger charge is -2.25. The van der Waals surface area contributed by atoms with Gasteiger partial charge in [0, 0.05) is 13.1 Å². The van der Waals surface area contributed by atoms with Crippen molar-refractivity contribution in [1.82, 2.24) is 4.90 Å². The van der Waals surface area contributed by atoms with Gasteiger partial charge in [0.1, 0.15) is 0 Å². The van der Waals surface area contributed by atoms with Gasteiger partial charge in [-0.25, -0.2) is 18.4 Å². The van der Waals surface area contributed by atoms with Gasteiger partial charge in [0.2, 0.25) is 10.0 Å². The SMILES string of the molecule is NS(=O)(=O)c1ccc(Cl)c(NC(=O)N2CCCCCCC2)c1. The topological polar surface area (TPSA) is 92.5 Å². The van der Waals surface area contributed by atoms with Crippen LogP contribution in [-0.4, -0.2) is 32.4 Å². The zero-order valence-corrected chi connectivity index (χ0v) is 13.8. The van der Waals surface area contributed by atoms with Crippen molar-refractivity contribution in [2.45, 2.75) is 37.0 Å². The van der Waals surface area contributed by atoms with E-state index in [1.54, 1.807) is 4.90 Å². The summed E-state index contributed by atoms with van der Waals surface area (Å²) in [4.78, 5) is 14.0. The van der Waals surface area contributed by atoms with Crippen molar-refractivity contribution in [3.63, 3.8) is 0 Å². The zero-order chi connectivity index (χ0) is 16.2. The molecule has 2 rings (SSSR count). The van der Waals surface area contributed by atoms with Crippen LogP contribution >= 0.6 is 11.6 Å². The van der Waals surface area contributed by atoms with Gasteiger partial charge in [0.25, 0.3) is 0 Å². The van der Waals surface area contributed by atoms with Crippen LogP contribution in [0.2, 0.25) is 5.02 Å². The normalized spacial score (nSPS) is 16.7. The Hall–Kier alpha value is -1.31. The zero-order valence-electron chi connectivity index (χ0n) is 12.2. The van der Waals surface area contributed by atoms with E-state index in [2.05, 4.69) is 5.32 Å². The molecule has 0 aliphatic carbocycles. The number of primary sulfonamides is 1. The average Bonchev–Trinajstić information content (AvgIpc) is 2.39. The molecule has 8 heteroatoms. The number of carbonyl (C=O) groups excluding carboxylic acids is 1. The maximum Gasteiger partial charge on any atom is 0.321 e. The van der Waals surface area contributed by atoms with Crippen molar-refractivity contribution in [2.24, 2.45) is 5.14 Å². The predicted octanol–water partition coefficient (Wildman–Crippen LogP) is 2.79. The first-order valence-electron chi connectivity index (χ1n) is 7.26. The quantitative estimate of drug-likeness (QED) is 0.863. The minimum atomic E-state index is -3.84. The molecule has 122 valence electrons. The number of nitrogens with one attached hydrogen (secondary N) is 1. The largest absolute Gasteiger partial charge is 0.325 e. The fraction of sp³-hybridized carbons (Fsp3) is 0.500. The highest BCUT2D eigenvalue weighted by molar-refractivity contribution is 7.89. The van der Waals surface area contributed by atoms with Crippen molar-refractivity contribution in [2.75, 3.05) is 18.4 Å². The van der Waals surface area contributed by atoms with Gasteiger partial charge in [-0.15, -0.1) is 0 Å². The molecule has 6 nitrogen and oxygen atoms in total. The van der Waals surface area contributed by atoms with Gasteiger partial charge in [0.15, 0.2) is 0 Å². The van der Waals surface area contributed by atoms with Gasteiger partial charge in [0.05, 0.1) is 15.6 Å². The van der Waals surface area contributed by atoms with Gasteiger partial charge in [-0.3, -0.25) is 0 Å². The molecular formula is C14H20ClN3O3S. The Morgan fingerprint density at radius 2 is 1.73 bits per heavy atom. The second kappa shape index (κ2) is 7.30. The second-order valence-electron chi connectivity index (χ2n) is 5.37. The second-order valence-corrected chi connectivity index (χ2v) is 7.34. The molecule has 0 unspecified atom stereocenters. The van der Waals surface area contributed by atoms with Crippen molar-refractivity contribution < 1.29 is 13.2 Å². The molecule has 1 saturated heterocycles. The number of rotatable bonds is 2. The number of amides is 2. The Labute approximate surface area is 135 Å². The molecule has 1 fully saturated rings. The smallest absolute Gasteiger partial charge is 0.321 e. The third-order valence-corrected chi connectivity index (χ3v) is 4.89. The van der Waals surface area contributed by atoms with E-state index in [9.17, 15) is 13.2 Å². The molecule has 1 aromatic rings. The Morgan fingerprint density at radius 1 is 1.14 bits per heavy atom. The highest BCUT2D eigenvalue weighted by Crippen LogP contribution is 2.25. The molecule has 0 saturated carbocycles. The van der Waals surface area contributed by atoms with Gasteiger partial charge in [-0.2, -0.15) is 0 Å². The Kier molecular flexibility index (Phi) is 5.66. The van der Waals surface area contributed by atoms with E-state index in [0.29, 0.717) is 13.1 Å². The van der Waals surface area contributed by atoms with E-state index in [0.717, 1.165) is 25.7 Å². The standard InChI is InChI=1S/C14H20ClN3O3S/c15-12-7-6-11(22(16,20)21)10-13(12)17-14(19)18-8-4-2-1-3-5-9-18/h6-7,10H,1-5,8-9H2,(H,17,19)(H2,16,20,21). The molecule has 1 aromatic carbocycles. The van der Waals surface area contributed by atoms with E-state index in [1.807, 2.05) is 0 Å². The molecule has 0 bridgehead atoms. The van der Waals surface area contributed by atoms with Crippen LogP contribution in [0.3, 0.4) is 0 Å². The summed E-state index contributed by atoms with van der Waals surface area (Å²) >= 11 is 6.02. The predicted molar refractivity (Wildman–Crippen MR) is 86.5 cm³/mol. The number of urea groups is 1. The highest BCUT2D eigenvalue weighted by atomic mass is 35.5. The minimum Gasteiger partial charge on any atom is -0.325 e. The molecular weight excluding hydrogens is 326 g/mol. The van der Waals surface area contributed by atoms with Gasteiger partial charge >= 0.3 is 6.03 Å². The van der Waals surface area contributed by atoms with Crippen LogP contribution in [0.4, 0.5) is 10.5 Å². The number of sulfonamides is 1. The first-order valence-corrected chi connectivity index (χ1v) is 9.18. The fourth-order valence-corrected chi connectivity index (χ4v) is 3.13. The molecule has 1 aliphatic rings. The first kappa shape index (κ1) is 17.1. The molecule has 0 aromatic heterocycles. The Bertz CT molecular complexity index is 641. The van der Waals surface area contributed by atoms with Crippen molar-refractivity contribution >= 4 is 33.3 Å². The fourth-order valence-electron chi connectivity index (χ4n) is 2.42. The van der Waals surface area contributed by atoms with Gasteiger partial charge in [-0.1, -0.05) is 30.9 Å². The number of hydrogen-bond acceptors (Lipinski definition) is 3. The minimum absolute atomic E-state index is 0.0835. The van der Waals surface area contributed by atoms with Gasteiger partial charge < -0.3 is 10.2 Å². The van der Waals surface area contributed by atoms with Crippen LogP contribution in [0.1, 0.15) is 32.1 Å². The lowest BCUT2D eigenvalue weighted by atomic mass is 10.1. The van der Waals surface area contributed by atoms with Crippen molar-refractivity contribution in [1.29, 1.82) is 0 Å².